The largest absolute Gasteiger partial charge is 0.321 e. The van der Waals surface area contributed by atoms with Crippen LogP contribution in [-0.2, 0) is 22.4 Å². The molecule has 3 amide bonds. The zero-order valence-corrected chi connectivity index (χ0v) is 17.8. The minimum atomic E-state index is -0.219. The van der Waals surface area contributed by atoms with Crippen molar-refractivity contribution in [1.29, 1.82) is 0 Å². The van der Waals surface area contributed by atoms with E-state index in [2.05, 4.69) is 31.3 Å². The normalized spacial score (nSPS) is 25.9. The van der Waals surface area contributed by atoms with Crippen molar-refractivity contribution in [2.24, 2.45) is 23.7 Å². The van der Waals surface area contributed by atoms with Crippen LogP contribution in [0.5, 0.6) is 0 Å². The molecule has 158 valence electrons. The van der Waals surface area contributed by atoms with Gasteiger partial charge in [0.25, 0.3) is 5.91 Å². The van der Waals surface area contributed by atoms with Gasteiger partial charge in [0.05, 0.1) is 17.5 Å². The van der Waals surface area contributed by atoms with E-state index in [1.165, 1.54) is 4.90 Å². The number of carbonyl (C=O) groups excluding carboxylic acids is 3. The summed E-state index contributed by atoms with van der Waals surface area (Å²) < 4.78 is 0. The standard InChI is InChI=1S/C26H26N2O3/c1-3-15-6-5-7-16(4-2)23(15)27-24(29)17-10-12-20(13-11-17)28-25(30)21-18-8-9-19(14-18)22(21)26(28)31/h5-13,18-19,21-22H,3-4,14H2,1-2H3,(H,27,29)/t18-,19+,21-,22-/m0/s1. The van der Waals surface area contributed by atoms with E-state index in [-0.39, 0.29) is 41.4 Å². The lowest BCUT2D eigenvalue weighted by molar-refractivity contribution is -0.123. The molecule has 2 aliphatic carbocycles. The zero-order chi connectivity index (χ0) is 21.7. The number of anilines is 2. The summed E-state index contributed by atoms with van der Waals surface area (Å²) >= 11 is 0. The lowest BCUT2D eigenvalue weighted by atomic mass is 9.85. The topological polar surface area (TPSA) is 66.5 Å². The number of hydrogen-bond acceptors (Lipinski definition) is 3. The van der Waals surface area contributed by atoms with Crippen LogP contribution >= 0.6 is 0 Å². The van der Waals surface area contributed by atoms with Crippen LogP contribution in [0.15, 0.2) is 54.6 Å². The van der Waals surface area contributed by atoms with Crippen molar-refractivity contribution < 1.29 is 14.4 Å². The first-order valence-electron chi connectivity index (χ1n) is 11.1. The molecule has 1 heterocycles. The third-order valence-electron chi connectivity index (χ3n) is 7.10. The smallest absolute Gasteiger partial charge is 0.255 e. The van der Waals surface area contributed by atoms with Gasteiger partial charge in [0.2, 0.25) is 11.8 Å². The molecule has 0 spiro atoms. The van der Waals surface area contributed by atoms with Crippen LogP contribution in [-0.4, -0.2) is 17.7 Å². The van der Waals surface area contributed by atoms with Crippen molar-refractivity contribution in [2.45, 2.75) is 33.1 Å². The van der Waals surface area contributed by atoms with Crippen LogP contribution in [0.4, 0.5) is 11.4 Å². The predicted octanol–water partition coefficient (Wildman–Crippen LogP) is 4.38. The fourth-order valence-corrected chi connectivity index (χ4v) is 5.51. The number of para-hydroxylation sites is 1. The highest BCUT2D eigenvalue weighted by Gasteiger charge is 2.59. The first-order valence-corrected chi connectivity index (χ1v) is 11.1. The van der Waals surface area contributed by atoms with Crippen molar-refractivity contribution in [2.75, 3.05) is 10.2 Å². The molecule has 2 aromatic rings. The zero-order valence-electron chi connectivity index (χ0n) is 17.8. The van der Waals surface area contributed by atoms with Crippen LogP contribution in [0.3, 0.4) is 0 Å². The summed E-state index contributed by atoms with van der Waals surface area (Å²) in [6.07, 6.45) is 6.76. The molecule has 2 fully saturated rings. The summed E-state index contributed by atoms with van der Waals surface area (Å²) in [6, 6.07) is 12.9. The maximum absolute atomic E-state index is 13.0. The third kappa shape index (κ3) is 3.02. The maximum atomic E-state index is 13.0. The Labute approximate surface area is 182 Å². The Balaban J connectivity index is 1.36. The van der Waals surface area contributed by atoms with Gasteiger partial charge in [0.1, 0.15) is 0 Å². The SMILES string of the molecule is CCc1cccc(CC)c1NC(=O)c1ccc(N2C(=O)[C@@H]3[C@@H](C2=O)[C@H]2C=C[C@@H]3C2)cc1. The van der Waals surface area contributed by atoms with E-state index < -0.39 is 0 Å². The Bertz CT molecular complexity index is 1050. The second kappa shape index (κ2) is 7.49. The van der Waals surface area contributed by atoms with Gasteiger partial charge in [-0.25, -0.2) is 0 Å². The van der Waals surface area contributed by atoms with E-state index in [1.54, 1.807) is 24.3 Å². The van der Waals surface area contributed by atoms with Gasteiger partial charge >= 0.3 is 0 Å². The number of nitrogens with zero attached hydrogens (tertiary/aromatic N) is 1. The Hall–Kier alpha value is -3.21. The first kappa shape index (κ1) is 19.7. The summed E-state index contributed by atoms with van der Waals surface area (Å²) in [7, 11) is 0. The van der Waals surface area contributed by atoms with Gasteiger partial charge in [-0.1, -0.05) is 44.2 Å². The molecule has 0 unspecified atom stereocenters. The molecule has 1 N–H and O–H groups in total. The molecule has 5 heteroatoms. The van der Waals surface area contributed by atoms with Crippen molar-refractivity contribution in [1.82, 2.24) is 0 Å². The first-order chi connectivity index (χ1) is 15.0. The Kier molecular flexibility index (Phi) is 4.77. The van der Waals surface area contributed by atoms with E-state index in [9.17, 15) is 14.4 Å². The summed E-state index contributed by atoms with van der Waals surface area (Å²) in [5.74, 6) is -0.463. The second-order valence-corrected chi connectivity index (χ2v) is 8.67. The van der Waals surface area contributed by atoms with Crippen LogP contribution in [0.1, 0.15) is 41.8 Å². The number of rotatable bonds is 5. The highest BCUT2D eigenvalue weighted by atomic mass is 16.2. The van der Waals surface area contributed by atoms with Crippen molar-refractivity contribution in [3.8, 4) is 0 Å². The van der Waals surface area contributed by atoms with Gasteiger partial charge in [0, 0.05) is 11.3 Å². The number of benzene rings is 2. The number of nitrogens with one attached hydrogen (secondary N) is 1. The number of imide groups is 1. The minimum absolute atomic E-state index is 0.103. The second-order valence-electron chi connectivity index (χ2n) is 8.67. The Morgan fingerprint density at radius 3 is 1.97 bits per heavy atom. The van der Waals surface area contributed by atoms with Crippen LogP contribution < -0.4 is 10.2 Å². The molecule has 0 radical (unpaired) electrons. The van der Waals surface area contributed by atoms with E-state index in [0.717, 1.165) is 36.1 Å². The number of hydrogen-bond donors (Lipinski definition) is 1. The summed E-state index contributed by atoms with van der Waals surface area (Å²) in [4.78, 5) is 40.2. The molecule has 5 nitrogen and oxygen atoms in total. The van der Waals surface area contributed by atoms with E-state index >= 15 is 0 Å². The third-order valence-corrected chi connectivity index (χ3v) is 7.10. The molecule has 1 saturated heterocycles. The van der Waals surface area contributed by atoms with Gasteiger partial charge < -0.3 is 5.32 Å². The van der Waals surface area contributed by atoms with Crippen LogP contribution in [0, 0.1) is 23.7 Å². The van der Waals surface area contributed by atoms with Crippen molar-refractivity contribution in [3.63, 3.8) is 0 Å². The molecule has 0 aromatic heterocycles. The molecule has 2 aromatic carbocycles. The maximum Gasteiger partial charge on any atom is 0.255 e. The molecule has 1 aliphatic heterocycles. The summed E-state index contributed by atoms with van der Waals surface area (Å²) in [6.45, 7) is 4.14. The average Bonchev–Trinajstić information content (AvgIpc) is 3.47. The molecule has 1 saturated carbocycles. The number of amides is 3. The fourth-order valence-electron chi connectivity index (χ4n) is 5.51. The quantitative estimate of drug-likeness (QED) is 0.583. The average molecular weight is 415 g/mol. The van der Waals surface area contributed by atoms with E-state index in [0.29, 0.717) is 11.3 Å². The lowest BCUT2D eigenvalue weighted by Gasteiger charge is -2.18. The molecular formula is C26H26N2O3. The number of aryl methyl sites for hydroxylation is 2. The highest BCUT2D eigenvalue weighted by Crippen LogP contribution is 2.53. The van der Waals surface area contributed by atoms with E-state index in [4.69, 9.17) is 0 Å². The number of allylic oxidation sites excluding steroid dienone is 2. The molecular weight excluding hydrogens is 388 g/mol. The highest BCUT2D eigenvalue weighted by molar-refractivity contribution is 6.23. The fraction of sp³-hybridized carbons (Fsp3) is 0.346. The van der Waals surface area contributed by atoms with Gasteiger partial charge in [-0.15, -0.1) is 0 Å². The monoisotopic (exact) mass is 414 g/mol. The van der Waals surface area contributed by atoms with Gasteiger partial charge in [-0.2, -0.15) is 0 Å². The summed E-state index contributed by atoms with van der Waals surface area (Å²) in [5.41, 5.74) is 4.13. The Morgan fingerprint density at radius 2 is 1.45 bits per heavy atom. The van der Waals surface area contributed by atoms with E-state index in [1.807, 2.05) is 18.2 Å². The minimum Gasteiger partial charge on any atom is -0.321 e. The van der Waals surface area contributed by atoms with Crippen LogP contribution in [0.2, 0.25) is 0 Å². The molecule has 5 rings (SSSR count). The molecule has 2 bridgehead atoms. The molecule has 3 aliphatic rings. The number of fused-ring (bicyclic) bond motifs is 5. The van der Waals surface area contributed by atoms with Crippen LogP contribution in [0.25, 0.3) is 0 Å². The van der Waals surface area contributed by atoms with Crippen molar-refractivity contribution in [3.05, 3.63) is 71.3 Å². The van der Waals surface area contributed by atoms with Gasteiger partial charge in [0.15, 0.2) is 0 Å². The lowest BCUT2D eigenvalue weighted by Crippen LogP contribution is -2.32. The van der Waals surface area contributed by atoms with Gasteiger partial charge in [-0.05, 0) is 66.5 Å². The summed E-state index contributed by atoms with van der Waals surface area (Å²) in [5, 5.41) is 3.06. The molecule has 31 heavy (non-hydrogen) atoms. The number of carbonyl (C=O) groups is 3. The predicted molar refractivity (Wildman–Crippen MR) is 120 cm³/mol. The van der Waals surface area contributed by atoms with Crippen molar-refractivity contribution >= 4 is 29.1 Å². The van der Waals surface area contributed by atoms with Gasteiger partial charge in [-0.3, -0.25) is 19.3 Å². The Morgan fingerprint density at radius 1 is 0.903 bits per heavy atom. The molecule has 4 atom stereocenters.